The molecule has 0 unspecified atom stereocenters. The minimum absolute atomic E-state index is 0.434. The molecular formula is C22H14O4. The van der Waals surface area contributed by atoms with Crippen molar-refractivity contribution < 1.29 is 19.2 Å². The van der Waals surface area contributed by atoms with Crippen LogP contribution in [-0.4, -0.2) is 25.1 Å². The van der Waals surface area contributed by atoms with E-state index in [0.717, 1.165) is 36.3 Å². The minimum Gasteiger partial charge on any atom is -0.298 e. The number of carbonyl (C=O) groups excluding carboxylic acids is 4. The fourth-order valence-electron chi connectivity index (χ4n) is 2.81. The van der Waals surface area contributed by atoms with E-state index in [1.165, 1.54) is 0 Å². The van der Waals surface area contributed by atoms with Gasteiger partial charge in [-0.05, 0) is 34.4 Å². The summed E-state index contributed by atoms with van der Waals surface area (Å²) in [5.41, 5.74) is 4.65. The fourth-order valence-corrected chi connectivity index (χ4v) is 2.81. The summed E-state index contributed by atoms with van der Waals surface area (Å²) in [7, 11) is 0. The maximum Gasteiger partial charge on any atom is 0.150 e. The molecule has 3 rings (SSSR count). The number of carbonyl (C=O) groups is 4. The number of hydrogen-bond acceptors (Lipinski definition) is 4. The summed E-state index contributed by atoms with van der Waals surface area (Å²) in [5, 5.41) is 0. The molecule has 26 heavy (non-hydrogen) atoms. The van der Waals surface area contributed by atoms with Crippen LogP contribution in [0.3, 0.4) is 0 Å². The van der Waals surface area contributed by atoms with Gasteiger partial charge in [0.1, 0.15) is 12.6 Å². The molecule has 0 aromatic heterocycles. The van der Waals surface area contributed by atoms with Crippen molar-refractivity contribution in [3.05, 3.63) is 82.9 Å². The zero-order chi connectivity index (χ0) is 18.5. The summed E-state index contributed by atoms with van der Waals surface area (Å²) in [4.78, 5) is 44.8. The van der Waals surface area contributed by atoms with Crippen LogP contribution in [-0.2, 0) is 0 Å². The Kier molecular flexibility index (Phi) is 4.94. The lowest BCUT2D eigenvalue weighted by Gasteiger charge is -2.12. The average molecular weight is 342 g/mol. The molecule has 0 bridgehead atoms. The van der Waals surface area contributed by atoms with Gasteiger partial charge in [-0.2, -0.15) is 0 Å². The predicted octanol–water partition coefficient (Wildman–Crippen LogP) is 4.27. The van der Waals surface area contributed by atoms with E-state index in [-0.39, 0.29) is 0 Å². The molecule has 0 N–H and O–H groups in total. The molecular weight excluding hydrogens is 328 g/mol. The van der Waals surface area contributed by atoms with Crippen LogP contribution in [0.15, 0.2) is 60.7 Å². The standard InChI is InChI=1S/C22H14O4/c23-11-15-1-5-17(6-2-15)21-9-20(14-26)22(10-19(21)13-25)18-7-3-16(12-24)4-8-18/h1-14H. The lowest BCUT2D eigenvalue weighted by Crippen LogP contribution is -1.96. The van der Waals surface area contributed by atoms with Crippen LogP contribution in [0, 0.1) is 0 Å². The summed E-state index contributed by atoms with van der Waals surface area (Å²) in [6.07, 6.45) is 2.96. The molecule has 0 aliphatic rings. The Morgan fingerprint density at radius 3 is 1.08 bits per heavy atom. The van der Waals surface area contributed by atoms with E-state index in [2.05, 4.69) is 0 Å². The minimum atomic E-state index is 0.434. The third kappa shape index (κ3) is 3.26. The molecule has 0 amide bonds. The molecule has 126 valence electrons. The first-order chi connectivity index (χ1) is 12.7. The third-order valence-electron chi connectivity index (χ3n) is 4.19. The maximum atomic E-state index is 11.6. The van der Waals surface area contributed by atoms with E-state index in [1.54, 1.807) is 60.7 Å². The van der Waals surface area contributed by atoms with Crippen molar-refractivity contribution in [3.8, 4) is 22.3 Å². The number of aldehydes is 4. The topological polar surface area (TPSA) is 68.3 Å². The number of rotatable bonds is 6. The molecule has 0 heterocycles. The van der Waals surface area contributed by atoms with E-state index in [4.69, 9.17) is 0 Å². The van der Waals surface area contributed by atoms with Crippen LogP contribution < -0.4 is 0 Å². The Labute approximate surface area is 150 Å². The van der Waals surface area contributed by atoms with E-state index in [1.807, 2.05) is 0 Å². The van der Waals surface area contributed by atoms with E-state index >= 15 is 0 Å². The highest BCUT2D eigenvalue weighted by Gasteiger charge is 2.13. The first-order valence-corrected chi connectivity index (χ1v) is 7.89. The summed E-state index contributed by atoms with van der Waals surface area (Å²) >= 11 is 0. The molecule has 0 aliphatic carbocycles. The van der Waals surface area contributed by atoms with Crippen LogP contribution >= 0.6 is 0 Å². The Morgan fingerprint density at radius 1 is 0.462 bits per heavy atom. The number of benzene rings is 3. The highest BCUT2D eigenvalue weighted by Crippen LogP contribution is 2.31. The Morgan fingerprint density at radius 2 is 0.808 bits per heavy atom. The summed E-state index contributed by atoms with van der Waals surface area (Å²) in [6.45, 7) is 0. The monoisotopic (exact) mass is 342 g/mol. The highest BCUT2D eigenvalue weighted by atomic mass is 16.1. The van der Waals surface area contributed by atoms with Gasteiger partial charge in [0.25, 0.3) is 0 Å². The second-order valence-corrected chi connectivity index (χ2v) is 5.74. The lowest BCUT2D eigenvalue weighted by molar-refractivity contribution is 0.111. The van der Waals surface area contributed by atoms with Gasteiger partial charge in [-0.25, -0.2) is 0 Å². The van der Waals surface area contributed by atoms with Crippen molar-refractivity contribution in [2.45, 2.75) is 0 Å². The van der Waals surface area contributed by atoms with Gasteiger partial charge in [0.15, 0.2) is 12.6 Å². The van der Waals surface area contributed by atoms with Crippen LogP contribution in [0.1, 0.15) is 41.4 Å². The third-order valence-corrected chi connectivity index (χ3v) is 4.19. The van der Waals surface area contributed by atoms with E-state index in [0.29, 0.717) is 33.4 Å². The zero-order valence-corrected chi connectivity index (χ0v) is 13.7. The van der Waals surface area contributed by atoms with E-state index < -0.39 is 0 Å². The second-order valence-electron chi connectivity index (χ2n) is 5.74. The molecule has 3 aromatic rings. The maximum absolute atomic E-state index is 11.6. The van der Waals surface area contributed by atoms with Crippen molar-refractivity contribution in [2.24, 2.45) is 0 Å². The van der Waals surface area contributed by atoms with Crippen molar-refractivity contribution in [3.63, 3.8) is 0 Å². The lowest BCUT2D eigenvalue weighted by atomic mass is 9.91. The molecule has 0 spiro atoms. The first-order valence-electron chi connectivity index (χ1n) is 7.89. The highest BCUT2D eigenvalue weighted by molar-refractivity contribution is 5.97. The summed E-state index contributed by atoms with van der Waals surface area (Å²) in [6, 6.07) is 16.9. The molecule has 0 saturated heterocycles. The van der Waals surface area contributed by atoms with Crippen LogP contribution in [0.5, 0.6) is 0 Å². The smallest absolute Gasteiger partial charge is 0.150 e. The largest absolute Gasteiger partial charge is 0.298 e. The van der Waals surface area contributed by atoms with Gasteiger partial charge in [-0.1, -0.05) is 48.5 Å². The van der Waals surface area contributed by atoms with Gasteiger partial charge in [-0.3, -0.25) is 19.2 Å². The quantitative estimate of drug-likeness (QED) is 0.627. The van der Waals surface area contributed by atoms with Gasteiger partial charge in [-0.15, -0.1) is 0 Å². The average Bonchev–Trinajstić information content (AvgIpc) is 2.73. The molecule has 4 nitrogen and oxygen atoms in total. The van der Waals surface area contributed by atoms with Crippen LogP contribution in [0.2, 0.25) is 0 Å². The second kappa shape index (κ2) is 7.49. The number of hydrogen-bond donors (Lipinski definition) is 0. The molecule has 3 aromatic carbocycles. The molecule has 0 radical (unpaired) electrons. The summed E-state index contributed by atoms with van der Waals surface area (Å²) < 4.78 is 0. The van der Waals surface area contributed by atoms with Crippen molar-refractivity contribution in [2.75, 3.05) is 0 Å². The SMILES string of the molecule is O=Cc1ccc(-c2cc(C=O)c(-c3ccc(C=O)cc3)cc2C=O)cc1. The molecule has 0 aliphatic heterocycles. The van der Waals surface area contributed by atoms with Gasteiger partial charge in [0.05, 0.1) is 0 Å². The van der Waals surface area contributed by atoms with Crippen LogP contribution in [0.4, 0.5) is 0 Å². The van der Waals surface area contributed by atoms with Gasteiger partial charge in [0, 0.05) is 22.3 Å². The van der Waals surface area contributed by atoms with Gasteiger partial charge in [0.2, 0.25) is 0 Å². The fraction of sp³-hybridized carbons (Fsp3) is 0. The van der Waals surface area contributed by atoms with Gasteiger partial charge >= 0.3 is 0 Å². The Bertz CT molecular complexity index is 901. The molecule has 4 heteroatoms. The Balaban J connectivity index is 2.15. The normalized spacial score (nSPS) is 10.2. The van der Waals surface area contributed by atoms with Crippen LogP contribution in [0.25, 0.3) is 22.3 Å². The molecule has 0 fully saturated rings. The van der Waals surface area contributed by atoms with Crippen molar-refractivity contribution in [1.29, 1.82) is 0 Å². The first kappa shape index (κ1) is 17.2. The van der Waals surface area contributed by atoms with Gasteiger partial charge < -0.3 is 0 Å². The van der Waals surface area contributed by atoms with E-state index in [9.17, 15) is 19.2 Å². The van der Waals surface area contributed by atoms with Crippen molar-refractivity contribution >= 4 is 25.1 Å². The molecule has 0 atom stereocenters. The summed E-state index contributed by atoms with van der Waals surface area (Å²) in [5.74, 6) is 0. The predicted molar refractivity (Wildman–Crippen MR) is 98.9 cm³/mol. The van der Waals surface area contributed by atoms with Crippen molar-refractivity contribution in [1.82, 2.24) is 0 Å². The Hall–Kier alpha value is -3.66. The molecule has 0 saturated carbocycles. The zero-order valence-electron chi connectivity index (χ0n) is 13.7.